The van der Waals surface area contributed by atoms with Gasteiger partial charge in [0.2, 0.25) is 0 Å². The van der Waals surface area contributed by atoms with Gasteiger partial charge in [0.25, 0.3) is 0 Å². The van der Waals surface area contributed by atoms with Gasteiger partial charge in [-0.3, -0.25) is 0 Å². The first kappa shape index (κ1) is 7.80. The number of hydrogen-bond donors (Lipinski definition) is 0. The Bertz CT molecular complexity index is 408. The third kappa shape index (κ3) is 1.14. The van der Waals surface area contributed by atoms with Gasteiger partial charge in [-0.1, -0.05) is 28.1 Å². The molecule has 0 aliphatic rings. The Hall–Kier alpha value is -0.830. The first-order chi connectivity index (χ1) is 5.81. The van der Waals surface area contributed by atoms with Crippen molar-refractivity contribution in [3.8, 4) is 0 Å². The van der Waals surface area contributed by atoms with Crippen LogP contribution in [0.2, 0.25) is 0 Å². The number of nitrogens with zero attached hydrogens (tertiary/aromatic N) is 1. The number of rotatable bonds is 1. The lowest BCUT2D eigenvalue weighted by molar-refractivity contribution is 0.561. The van der Waals surface area contributed by atoms with Gasteiger partial charge in [0.15, 0.2) is 11.5 Å². The molecule has 62 valence electrons. The summed E-state index contributed by atoms with van der Waals surface area (Å²) in [5.74, 6) is 0.721. The van der Waals surface area contributed by atoms with Crippen LogP contribution in [-0.2, 0) is 5.33 Å². The maximum absolute atomic E-state index is 5.38. The topological polar surface area (TPSA) is 26.0 Å². The van der Waals surface area contributed by atoms with E-state index in [0.29, 0.717) is 0 Å². The summed E-state index contributed by atoms with van der Waals surface area (Å²) in [6, 6.07) is 5.95. The molecule has 0 saturated carbocycles. The average Bonchev–Trinajstić information content (AvgIpc) is 2.44. The molecule has 1 aromatic carbocycles. The minimum absolute atomic E-state index is 0.721. The molecule has 0 aliphatic carbocycles. The molecule has 0 fully saturated rings. The fourth-order valence-corrected chi connectivity index (χ4v) is 1.68. The van der Waals surface area contributed by atoms with Crippen molar-refractivity contribution >= 4 is 27.0 Å². The maximum Gasteiger partial charge on any atom is 0.192 e. The van der Waals surface area contributed by atoms with Crippen LogP contribution in [0.25, 0.3) is 11.1 Å². The highest BCUT2D eigenvalue weighted by Gasteiger charge is 2.04. The van der Waals surface area contributed by atoms with Crippen molar-refractivity contribution in [1.29, 1.82) is 0 Å². The van der Waals surface area contributed by atoms with Crippen LogP contribution >= 0.6 is 15.9 Å². The SMILES string of the molecule is Cc1nc2c(CBr)cccc2o1. The van der Waals surface area contributed by atoms with Crippen LogP contribution in [0.1, 0.15) is 11.5 Å². The average molecular weight is 226 g/mol. The van der Waals surface area contributed by atoms with Gasteiger partial charge in [-0.25, -0.2) is 4.98 Å². The molecule has 0 atom stereocenters. The Morgan fingerprint density at radius 1 is 1.50 bits per heavy atom. The molecule has 2 aromatic rings. The lowest BCUT2D eigenvalue weighted by atomic mass is 10.2. The monoisotopic (exact) mass is 225 g/mol. The van der Waals surface area contributed by atoms with Crippen molar-refractivity contribution in [3.05, 3.63) is 29.7 Å². The molecule has 0 N–H and O–H groups in total. The van der Waals surface area contributed by atoms with Crippen molar-refractivity contribution in [1.82, 2.24) is 4.98 Å². The van der Waals surface area contributed by atoms with Crippen LogP contribution in [-0.4, -0.2) is 4.98 Å². The lowest BCUT2D eigenvalue weighted by Crippen LogP contribution is -1.79. The zero-order valence-electron chi connectivity index (χ0n) is 6.67. The van der Waals surface area contributed by atoms with Gasteiger partial charge in [0.05, 0.1) is 0 Å². The number of halogens is 1. The number of aromatic nitrogens is 1. The Morgan fingerprint density at radius 3 is 3.08 bits per heavy atom. The molecule has 1 heterocycles. The van der Waals surface area contributed by atoms with Crippen LogP contribution < -0.4 is 0 Å². The first-order valence-corrected chi connectivity index (χ1v) is 4.84. The molecule has 0 spiro atoms. The molecular weight excluding hydrogens is 218 g/mol. The second-order valence-electron chi connectivity index (χ2n) is 2.63. The van der Waals surface area contributed by atoms with E-state index in [-0.39, 0.29) is 0 Å². The molecule has 0 bridgehead atoms. The summed E-state index contributed by atoms with van der Waals surface area (Å²) in [4.78, 5) is 4.29. The predicted molar refractivity (Wildman–Crippen MR) is 51.4 cm³/mol. The zero-order valence-corrected chi connectivity index (χ0v) is 8.26. The van der Waals surface area contributed by atoms with Crippen LogP contribution in [0.3, 0.4) is 0 Å². The van der Waals surface area contributed by atoms with Crippen molar-refractivity contribution in [3.63, 3.8) is 0 Å². The normalized spacial score (nSPS) is 10.8. The van der Waals surface area contributed by atoms with Crippen LogP contribution in [0.4, 0.5) is 0 Å². The molecule has 2 nitrogen and oxygen atoms in total. The van der Waals surface area contributed by atoms with E-state index in [2.05, 4.69) is 20.9 Å². The molecule has 0 saturated heterocycles. The maximum atomic E-state index is 5.38. The van der Waals surface area contributed by atoms with E-state index in [4.69, 9.17) is 4.42 Å². The molecule has 3 heteroatoms. The molecule has 0 amide bonds. The van der Waals surface area contributed by atoms with Crippen molar-refractivity contribution < 1.29 is 4.42 Å². The fourth-order valence-electron chi connectivity index (χ4n) is 1.22. The standard InChI is InChI=1S/C9H8BrNO/c1-6-11-9-7(5-10)3-2-4-8(9)12-6/h2-4H,5H2,1H3. The summed E-state index contributed by atoms with van der Waals surface area (Å²) in [7, 11) is 0. The van der Waals surface area contributed by atoms with Crippen LogP contribution in [0.15, 0.2) is 22.6 Å². The van der Waals surface area contributed by atoms with E-state index in [1.54, 1.807) is 0 Å². The zero-order chi connectivity index (χ0) is 8.55. The van der Waals surface area contributed by atoms with E-state index >= 15 is 0 Å². The number of alkyl halides is 1. The molecule has 0 unspecified atom stereocenters. The summed E-state index contributed by atoms with van der Waals surface area (Å²) in [5, 5.41) is 0.816. The molecule has 0 radical (unpaired) electrons. The van der Waals surface area contributed by atoms with Gasteiger partial charge >= 0.3 is 0 Å². The van der Waals surface area contributed by atoms with Crippen molar-refractivity contribution in [2.24, 2.45) is 0 Å². The predicted octanol–water partition coefficient (Wildman–Crippen LogP) is 3.03. The minimum atomic E-state index is 0.721. The number of hydrogen-bond acceptors (Lipinski definition) is 2. The second kappa shape index (κ2) is 2.90. The number of para-hydroxylation sites is 1. The van der Waals surface area contributed by atoms with Gasteiger partial charge in [0, 0.05) is 12.3 Å². The third-order valence-electron chi connectivity index (χ3n) is 1.75. The number of benzene rings is 1. The highest BCUT2D eigenvalue weighted by atomic mass is 79.9. The number of aryl methyl sites for hydroxylation is 1. The molecule has 12 heavy (non-hydrogen) atoms. The van der Waals surface area contributed by atoms with Crippen molar-refractivity contribution in [2.75, 3.05) is 0 Å². The van der Waals surface area contributed by atoms with Gasteiger partial charge in [-0.05, 0) is 11.6 Å². The Labute approximate surface area is 78.7 Å². The Balaban J connectivity index is 2.78. The largest absolute Gasteiger partial charge is 0.441 e. The summed E-state index contributed by atoms with van der Waals surface area (Å²) < 4.78 is 5.38. The Kier molecular flexibility index (Phi) is 1.89. The Morgan fingerprint density at radius 2 is 2.33 bits per heavy atom. The minimum Gasteiger partial charge on any atom is -0.441 e. The van der Waals surface area contributed by atoms with Crippen molar-refractivity contribution in [2.45, 2.75) is 12.3 Å². The molecule has 2 rings (SSSR count). The van der Waals surface area contributed by atoms with Crippen LogP contribution in [0.5, 0.6) is 0 Å². The summed E-state index contributed by atoms with van der Waals surface area (Å²) in [5.41, 5.74) is 3.00. The molecule has 0 aliphatic heterocycles. The van der Waals surface area contributed by atoms with E-state index in [9.17, 15) is 0 Å². The smallest absolute Gasteiger partial charge is 0.192 e. The van der Waals surface area contributed by atoms with E-state index in [1.807, 2.05) is 25.1 Å². The highest BCUT2D eigenvalue weighted by molar-refractivity contribution is 9.08. The van der Waals surface area contributed by atoms with Gasteiger partial charge < -0.3 is 4.42 Å². The summed E-state index contributed by atoms with van der Waals surface area (Å²) >= 11 is 3.41. The van der Waals surface area contributed by atoms with E-state index < -0.39 is 0 Å². The quantitative estimate of drug-likeness (QED) is 0.698. The highest BCUT2D eigenvalue weighted by Crippen LogP contribution is 2.20. The van der Waals surface area contributed by atoms with E-state index in [1.165, 1.54) is 5.56 Å². The number of fused-ring (bicyclic) bond motifs is 1. The second-order valence-corrected chi connectivity index (χ2v) is 3.19. The first-order valence-electron chi connectivity index (χ1n) is 3.72. The van der Waals surface area contributed by atoms with Gasteiger partial charge in [-0.15, -0.1) is 0 Å². The van der Waals surface area contributed by atoms with Gasteiger partial charge in [-0.2, -0.15) is 0 Å². The molecular formula is C9H8BrNO. The lowest BCUT2D eigenvalue weighted by Gasteiger charge is -1.92. The summed E-state index contributed by atoms with van der Waals surface area (Å²) in [6.07, 6.45) is 0. The third-order valence-corrected chi connectivity index (χ3v) is 2.36. The van der Waals surface area contributed by atoms with Gasteiger partial charge in [0.1, 0.15) is 5.52 Å². The number of oxazole rings is 1. The summed E-state index contributed by atoms with van der Waals surface area (Å²) in [6.45, 7) is 1.86. The fraction of sp³-hybridized carbons (Fsp3) is 0.222. The molecule has 1 aromatic heterocycles. The van der Waals surface area contributed by atoms with E-state index in [0.717, 1.165) is 22.3 Å². The van der Waals surface area contributed by atoms with Crippen LogP contribution in [0, 0.1) is 6.92 Å².